The standard InChI is InChI=1S/C4H14O6P2S/c1-3-13(4-2)12(8,9)10-11(5,6)7/h13H,3-4H2,1-2H3,(H,8,9)(H2,5,6,7). The Morgan fingerprint density at radius 3 is 1.77 bits per heavy atom. The molecule has 3 N–H and O–H groups in total. The summed E-state index contributed by atoms with van der Waals surface area (Å²) in [4.78, 5) is 25.9. The van der Waals surface area contributed by atoms with Gasteiger partial charge in [0, 0.05) is 0 Å². The van der Waals surface area contributed by atoms with Crippen LogP contribution in [0.3, 0.4) is 0 Å². The normalized spacial score (nSPS) is 18.1. The van der Waals surface area contributed by atoms with E-state index in [-0.39, 0.29) is 0 Å². The summed E-state index contributed by atoms with van der Waals surface area (Å²) < 4.78 is 25.5. The molecule has 0 spiro atoms. The second-order valence-corrected chi connectivity index (χ2v) is 10.3. The fourth-order valence-corrected chi connectivity index (χ4v) is 7.39. The summed E-state index contributed by atoms with van der Waals surface area (Å²) in [6, 6.07) is 0. The van der Waals surface area contributed by atoms with Crippen LogP contribution in [0.4, 0.5) is 0 Å². The first-order valence-electron chi connectivity index (χ1n) is 3.58. The van der Waals surface area contributed by atoms with Gasteiger partial charge in [-0.3, -0.25) is 0 Å². The minimum Gasteiger partial charge on any atom is -0.317 e. The van der Waals surface area contributed by atoms with Crippen molar-refractivity contribution in [2.24, 2.45) is 0 Å². The molecule has 0 aromatic rings. The molecule has 0 aliphatic heterocycles. The van der Waals surface area contributed by atoms with E-state index in [1.807, 2.05) is 0 Å². The summed E-state index contributed by atoms with van der Waals surface area (Å²) in [5.41, 5.74) is 0. The lowest BCUT2D eigenvalue weighted by molar-refractivity contribution is 0.270. The third-order valence-electron chi connectivity index (χ3n) is 1.30. The van der Waals surface area contributed by atoms with E-state index in [9.17, 15) is 14.0 Å². The molecule has 13 heavy (non-hydrogen) atoms. The van der Waals surface area contributed by atoms with Crippen molar-refractivity contribution in [3.05, 3.63) is 0 Å². The van der Waals surface area contributed by atoms with Gasteiger partial charge in [0.05, 0.1) is 0 Å². The Bertz CT molecular complexity index is 245. The first-order valence-corrected chi connectivity index (χ1v) is 9.10. The van der Waals surface area contributed by atoms with Crippen LogP contribution in [-0.2, 0) is 13.4 Å². The van der Waals surface area contributed by atoms with E-state index in [0.29, 0.717) is 11.5 Å². The largest absolute Gasteiger partial charge is 0.477 e. The summed E-state index contributed by atoms with van der Waals surface area (Å²) in [5, 5.41) is 0. The molecule has 0 amide bonds. The van der Waals surface area contributed by atoms with Gasteiger partial charge in [0.15, 0.2) is 0 Å². The van der Waals surface area contributed by atoms with Crippen molar-refractivity contribution >= 4 is 25.1 Å². The highest BCUT2D eigenvalue weighted by molar-refractivity contribution is 8.66. The van der Waals surface area contributed by atoms with Gasteiger partial charge in [-0.2, -0.15) is 10.5 Å². The Morgan fingerprint density at radius 2 is 1.54 bits per heavy atom. The molecule has 0 fully saturated rings. The topological polar surface area (TPSA) is 104 Å². The first-order chi connectivity index (χ1) is 5.73. The van der Waals surface area contributed by atoms with Gasteiger partial charge in [-0.15, -0.1) is 0 Å². The summed E-state index contributed by atoms with van der Waals surface area (Å²) in [5.74, 6) is 0.805. The summed E-state index contributed by atoms with van der Waals surface area (Å²) in [6.45, 7) is -0.759. The molecule has 0 bridgehead atoms. The quantitative estimate of drug-likeness (QED) is 0.433. The summed E-state index contributed by atoms with van der Waals surface area (Å²) >= 11 is 0. The number of phosphoric acid groups is 1. The van der Waals surface area contributed by atoms with Gasteiger partial charge >= 0.3 is 14.6 Å². The maximum absolute atomic E-state index is 11.3. The van der Waals surface area contributed by atoms with Gasteiger partial charge in [-0.25, -0.2) is 13.4 Å². The second-order valence-electron chi connectivity index (χ2n) is 2.20. The van der Waals surface area contributed by atoms with E-state index >= 15 is 0 Å². The van der Waals surface area contributed by atoms with Crippen molar-refractivity contribution in [3.8, 4) is 0 Å². The number of hydrogen-bond acceptors (Lipinski definition) is 3. The average molecular weight is 252 g/mol. The van der Waals surface area contributed by atoms with E-state index in [1.165, 1.54) is 0 Å². The minimum atomic E-state index is -4.86. The summed E-state index contributed by atoms with van der Waals surface area (Å²) in [6.07, 6.45) is 0. The van der Waals surface area contributed by atoms with Crippen molar-refractivity contribution < 1.29 is 28.1 Å². The monoisotopic (exact) mass is 252 g/mol. The molecule has 0 heterocycles. The Hall–Kier alpha value is 0.650. The number of rotatable bonds is 5. The van der Waals surface area contributed by atoms with Gasteiger partial charge in [0.1, 0.15) is 0 Å². The van der Waals surface area contributed by atoms with Crippen molar-refractivity contribution in [1.29, 1.82) is 0 Å². The molecule has 6 nitrogen and oxygen atoms in total. The highest BCUT2D eigenvalue weighted by Gasteiger charge is 2.34. The molecule has 0 radical (unpaired) electrons. The van der Waals surface area contributed by atoms with Crippen LogP contribution >= 0.6 is 25.1 Å². The highest BCUT2D eigenvalue weighted by Crippen LogP contribution is 2.72. The molecule has 0 aliphatic carbocycles. The van der Waals surface area contributed by atoms with E-state index in [1.54, 1.807) is 13.8 Å². The van der Waals surface area contributed by atoms with Crippen LogP contribution in [0.15, 0.2) is 0 Å². The fraction of sp³-hybridized carbons (Fsp3) is 1.00. The van der Waals surface area contributed by atoms with Crippen molar-refractivity contribution in [2.75, 3.05) is 11.5 Å². The molecule has 82 valence electrons. The molecule has 0 aromatic heterocycles. The maximum Gasteiger partial charge on any atom is 0.477 e. The third-order valence-corrected chi connectivity index (χ3v) is 9.68. The predicted molar refractivity (Wildman–Crippen MR) is 53.0 cm³/mol. The van der Waals surface area contributed by atoms with E-state index in [2.05, 4.69) is 4.31 Å². The molecular formula is C4H14O6P2S. The zero-order chi connectivity index (χ0) is 10.7. The SMILES string of the molecule is CC[SH](CC)P(=O)(O)OP(=O)(O)O. The van der Waals surface area contributed by atoms with E-state index in [4.69, 9.17) is 9.79 Å². The van der Waals surface area contributed by atoms with Gasteiger partial charge in [0.25, 0.3) is 0 Å². The lowest BCUT2D eigenvalue weighted by atomic mass is 11.0. The highest BCUT2D eigenvalue weighted by atomic mass is 32.8. The van der Waals surface area contributed by atoms with E-state index in [0.717, 1.165) is 0 Å². The fourth-order valence-electron chi connectivity index (χ4n) is 0.771. The van der Waals surface area contributed by atoms with Crippen LogP contribution in [0.5, 0.6) is 0 Å². The van der Waals surface area contributed by atoms with Gasteiger partial charge in [-0.05, 0) is 11.5 Å². The first kappa shape index (κ1) is 13.7. The van der Waals surface area contributed by atoms with Crippen molar-refractivity contribution in [1.82, 2.24) is 0 Å². The zero-order valence-electron chi connectivity index (χ0n) is 7.32. The van der Waals surface area contributed by atoms with E-state index < -0.39 is 25.1 Å². The van der Waals surface area contributed by atoms with Gasteiger partial charge in [-0.1, -0.05) is 13.8 Å². The molecule has 1 atom stereocenters. The lowest BCUT2D eigenvalue weighted by Gasteiger charge is -2.23. The Morgan fingerprint density at radius 1 is 1.15 bits per heavy atom. The average Bonchev–Trinajstić information content (AvgIpc) is 1.83. The molecule has 9 heteroatoms. The van der Waals surface area contributed by atoms with Crippen molar-refractivity contribution in [2.45, 2.75) is 13.8 Å². The molecule has 1 unspecified atom stereocenters. The zero-order valence-corrected chi connectivity index (χ0v) is 10.0. The molecule has 0 aromatic carbocycles. The Kier molecular flexibility index (Phi) is 5.18. The minimum absolute atomic E-state index is 0.402. The van der Waals surface area contributed by atoms with Crippen LogP contribution in [0.1, 0.15) is 13.8 Å². The molecule has 0 rings (SSSR count). The smallest absolute Gasteiger partial charge is 0.317 e. The predicted octanol–water partition coefficient (Wildman–Crippen LogP) is 1.24. The van der Waals surface area contributed by atoms with Crippen LogP contribution in [0, 0.1) is 0 Å². The van der Waals surface area contributed by atoms with Crippen LogP contribution in [0.2, 0.25) is 0 Å². The van der Waals surface area contributed by atoms with Crippen molar-refractivity contribution in [3.63, 3.8) is 0 Å². The molecule has 0 saturated heterocycles. The maximum atomic E-state index is 11.3. The molecule has 0 saturated carbocycles. The lowest BCUT2D eigenvalue weighted by Crippen LogP contribution is -1.94. The van der Waals surface area contributed by atoms with Crippen LogP contribution in [-0.4, -0.2) is 26.2 Å². The molecular weight excluding hydrogens is 238 g/mol. The van der Waals surface area contributed by atoms with Crippen LogP contribution < -0.4 is 0 Å². The Labute approximate surface area is 79.2 Å². The Balaban J connectivity index is 4.56. The number of thiol groups is 1. The summed E-state index contributed by atoms with van der Waals surface area (Å²) in [7, 11) is -6.23. The molecule has 0 aliphatic rings. The van der Waals surface area contributed by atoms with Crippen LogP contribution in [0.25, 0.3) is 0 Å². The second kappa shape index (κ2) is 4.94. The van der Waals surface area contributed by atoms with Gasteiger partial charge < -0.3 is 14.7 Å². The van der Waals surface area contributed by atoms with Gasteiger partial charge in [0.2, 0.25) is 0 Å². The number of hydrogen-bond donors (Lipinski definition) is 4. The third kappa shape index (κ3) is 5.18.